The second-order valence-corrected chi connectivity index (χ2v) is 5.02. The number of hydrogen-bond donors (Lipinski definition) is 0. The highest BCUT2D eigenvalue weighted by molar-refractivity contribution is 6.03. The molecule has 3 aromatic carbocycles. The summed E-state index contributed by atoms with van der Waals surface area (Å²) in [5.74, 6) is 0.381. The molecule has 0 bridgehead atoms. The van der Waals surface area contributed by atoms with Crippen LogP contribution in [0.2, 0.25) is 0 Å². The van der Waals surface area contributed by atoms with Gasteiger partial charge in [0.05, 0.1) is 0 Å². The average Bonchev–Trinajstić information content (AvgIpc) is 2.93. The van der Waals surface area contributed by atoms with E-state index in [0.29, 0.717) is 5.76 Å². The van der Waals surface area contributed by atoms with Crippen molar-refractivity contribution in [1.82, 2.24) is 0 Å². The van der Waals surface area contributed by atoms with Crippen LogP contribution in [0, 0.1) is 0 Å². The third kappa shape index (κ3) is 1.84. The van der Waals surface area contributed by atoms with E-state index >= 15 is 0 Å². The number of furan rings is 1. The van der Waals surface area contributed by atoms with Gasteiger partial charge in [-0.15, -0.1) is 0 Å². The topological polar surface area (TPSA) is 30.2 Å². The van der Waals surface area contributed by atoms with Gasteiger partial charge in [-0.1, -0.05) is 54.6 Å². The molecule has 0 saturated heterocycles. The van der Waals surface area contributed by atoms with Gasteiger partial charge in [0.1, 0.15) is 5.58 Å². The number of para-hydroxylation sites is 1. The van der Waals surface area contributed by atoms with E-state index in [2.05, 4.69) is 24.3 Å². The van der Waals surface area contributed by atoms with Gasteiger partial charge in [-0.05, 0) is 28.5 Å². The maximum Gasteiger partial charge on any atom is 0.186 e. The molecule has 100 valence electrons. The predicted molar refractivity (Wildman–Crippen MR) is 84.5 cm³/mol. The summed E-state index contributed by atoms with van der Waals surface area (Å²) in [7, 11) is 0. The number of carbonyl (C=O) groups is 1. The van der Waals surface area contributed by atoms with Crippen molar-refractivity contribution < 1.29 is 9.21 Å². The highest BCUT2D eigenvalue weighted by Gasteiger charge is 2.15. The van der Waals surface area contributed by atoms with Gasteiger partial charge in [0.15, 0.2) is 12.0 Å². The lowest BCUT2D eigenvalue weighted by Gasteiger charge is -2.03. The molecule has 1 heterocycles. The average molecular weight is 272 g/mol. The molecule has 4 rings (SSSR count). The van der Waals surface area contributed by atoms with Crippen molar-refractivity contribution in [1.29, 1.82) is 0 Å². The standard InChI is InChI=1S/C19H12O2/c20-12-18-19(16-7-3-4-8-17(16)21-18)15-10-9-13-5-1-2-6-14(13)11-15/h1-12H. The molecule has 0 radical (unpaired) electrons. The van der Waals surface area contributed by atoms with Crippen molar-refractivity contribution >= 4 is 28.0 Å². The quantitative estimate of drug-likeness (QED) is 0.477. The lowest BCUT2D eigenvalue weighted by Crippen LogP contribution is -1.83. The number of fused-ring (bicyclic) bond motifs is 2. The van der Waals surface area contributed by atoms with Crippen molar-refractivity contribution in [2.75, 3.05) is 0 Å². The van der Waals surface area contributed by atoms with E-state index in [1.54, 1.807) is 0 Å². The van der Waals surface area contributed by atoms with E-state index in [-0.39, 0.29) is 0 Å². The van der Waals surface area contributed by atoms with Crippen molar-refractivity contribution in [3.8, 4) is 11.1 Å². The summed E-state index contributed by atoms with van der Waals surface area (Å²) in [5.41, 5.74) is 2.61. The van der Waals surface area contributed by atoms with E-state index in [1.165, 1.54) is 5.39 Å². The van der Waals surface area contributed by atoms with Crippen LogP contribution in [0.25, 0.3) is 32.9 Å². The molecule has 1 aromatic heterocycles. The molecule has 0 aliphatic rings. The van der Waals surface area contributed by atoms with Crippen LogP contribution in [0.15, 0.2) is 71.1 Å². The Hall–Kier alpha value is -2.87. The fourth-order valence-corrected chi connectivity index (χ4v) is 2.79. The monoisotopic (exact) mass is 272 g/mol. The summed E-state index contributed by atoms with van der Waals surface area (Å²) >= 11 is 0. The lowest BCUT2D eigenvalue weighted by atomic mass is 9.99. The second kappa shape index (κ2) is 4.60. The zero-order valence-corrected chi connectivity index (χ0v) is 11.2. The number of aldehydes is 1. The van der Waals surface area contributed by atoms with Crippen molar-refractivity contribution in [3.63, 3.8) is 0 Å². The number of carbonyl (C=O) groups excluding carboxylic acids is 1. The molecule has 0 aliphatic carbocycles. The second-order valence-electron chi connectivity index (χ2n) is 5.02. The highest BCUT2D eigenvalue weighted by atomic mass is 16.3. The summed E-state index contributed by atoms with van der Waals surface area (Å²) in [6.07, 6.45) is 0.782. The third-order valence-electron chi connectivity index (χ3n) is 3.77. The summed E-state index contributed by atoms with van der Waals surface area (Å²) in [6, 6.07) is 22.1. The Morgan fingerprint density at radius 3 is 2.43 bits per heavy atom. The summed E-state index contributed by atoms with van der Waals surface area (Å²) in [6.45, 7) is 0. The highest BCUT2D eigenvalue weighted by Crippen LogP contribution is 2.35. The molecule has 0 amide bonds. The van der Waals surface area contributed by atoms with Crippen LogP contribution in [0.3, 0.4) is 0 Å². The van der Waals surface area contributed by atoms with Crippen LogP contribution in [0.1, 0.15) is 10.6 Å². The van der Waals surface area contributed by atoms with Crippen LogP contribution >= 0.6 is 0 Å². The molecule has 0 saturated carbocycles. The fourth-order valence-electron chi connectivity index (χ4n) is 2.79. The molecule has 2 heteroatoms. The molecule has 4 aromatic rings. The SMILES string of the molecule is O=Cc1oc2ccccc2c1-c1ccc2ccccc2c1. The largest absolute Gasteiger partial charge is 0.453 e. The summed E-state index contributed by atoms with van der Waals surface area (Å²) in [4.78, 5) is 11.3. The first-order valence-corrected chi connectivity index (χ1v) is 6.83. The van der Waals surface area contributed by atoms with Gasteiger partial charge in [0, 0.05) is 10.9 Å². The van der Waals surface area contributed by atoms with E-state index in [0.717, 1.165) is 33.8 Å². The van der Waals surface area contributed by atoms with Gasteiger partial charge >= 0.3 is 0 Å². The van der Waals surface area contributed by atoms with E-state index < -0.39 is 0 Å². The maximum atomic E-state index is 11.3. The zero-order chi connectivity index (χ0) is 14.2. The number of rotatable bonds is 2. The van der Waals surface area contributed by atoms with Crippen molar-refractivity contribution in [2.24, 2.45) is 0 Å². The summed E-state index contributed by atoms with van der Waals surface area (Å²) in [5, 5.41) is 3.30. The minimum absolute atomic E-state index is 0.381. The maximum absolute atomic E-state index is 11.3. The molecular weight excluding hydrogens is 260 g/mol. The van der Waals surface area contributed by atoms with Crippen LogP contribution in [0.4, 0.5) is 0 Å². The van der Waals surface area contributed by atoms with E-state index in [9.17, 15) is 4.79 Å². The first kappa shape index (κ1) is 11.9. The normalized spacial score (nSPS) is 11.0. The molecule has 0 unspecified atom stereocenters. The van der Waals surface area contributed by atoms with Crippen LogP contribution in [-0.2, 0) is 0 Å². The van der Waals surface area contributed by atoms with Gasteiger partial charge in [-0.3, -0.25) is 4.79 Å². The first-order valence-electron chi connectivity index (χ1n) is 6.83. The van der Waals surface area contributed by atoms with Gasteiger partial charge in [0.25, 0.3) is 0 Å². The van der Waals surface area contributed by atoms with Gasteiger partial charge < -0.3 is 4.42 Å². The number of hydrogen-bond acceptors (Lipinski definition) is 2. The number of benzene rings is 3. The van der Waals surface area contributed by atoms with Crippen LogP contribution < -0.4 is 0 Å². The minimum atomic E-state index is 0.381. The Balaban J connectivity index is 2.05. The van der Waals surface area contributed by atoms with Gasteiger partial charge in [0.2, 0.25) is 0 Å². The fraction of sp³-hybridized carbons (Fsp3) is 0. The molecule has 0 fully saturated rings. The molecule has 0 spiro atoms. The smallest absolute Gasteiger partial charge is 0.186 e. The molecular formula is C19H12O2. The van der Waals surface area contributed by atoms with Crippen LogP contribution in [-0.4, -0.2) is 6.29 Å². The summed E-state index contributed by atoms with van der Waals surface area (Å²) < 4.78 is 5.65. The zero-order valence-electron chi connectivity index (χ0n) is 11.2. The van der Waals surface area contributed by atoms with Gasteiger partial charge in [-0.25, -0.2) is 0 Å². The Morgan fingerprint density at radius 1 is 0.810 bits per heavy atom. The molecule has 0 aliphatic heterocycles. The van der Waals surface area contributed by atoms with E-state index in [4.69, 9.17) is 4.42 Å². The van der Waals surface area contributed by atoms with E-state index in [1.807, 2.05) is 42.5 Å². The predicted octanol–water partition coefficient (Wildman–Crippen LogP) is 5.07. The molecule has 2 nitrogen and oxygen atoms in total. The van der Waals surface area contributed by atoms with Crippen molar-refractivity contribution in [3.05, 3.63) is 72.5 Å². The van der Waals surface area contributed by atoms with Crippen LogP contribution in [0.5, 0.6) is 0 Å². The Labute approximate surface area is 121 Å². The lowest BCUT2D eigenvalue weighted by molar-refractivity contribution is 0.110. The Kier molecular flexibility index (Phi) is 2.61. The Bertz CT molecular complexity index is 964. The first-order chi connectivity index (χ1) is 10.4. The van der Waals surface area contributed by atoms with Crippen molar-refractivity contribution in [2.45, 2.75) is 0 Å². The minimum Gasteiger partial charge on any atom is -0.453 e. The molecule has 0 atom stereocenters. The van der Waals surface area contributed by atoms with Gasteiger partial charge in [-0.2, -0.15) is 0 Å². The molecule has 0 N–H and O–H groups in total. The third-order valence-corrected chi connectivity index (χ3v) is 3.77. The molecule has 21 heavy (non-hydrogen) atoms. The Morgan fingerprint density at radius 2 is 1.57 bits per heavy atom.